The monoisotopic (exact) mass is 340 g/mol. The molecule has 6 heteroatoms. The molecule has 132 valence electrons. The minimum Gasteiger partial charge on any atom is -0.497 e. The van der Waals surface area contributed by atoms with Gasteiger partial charge in [-0.05, 0) is 38.4 Å². The van der Waals surface area contributed by atoms with Crippen LogP contribution >= 0.6 is 0 Å². The topological polar surface area (TPSA) is 66.3 Å². The van der Waals surface area contributed by atoms with Gasteiger partial charge in [0.15, 0.2) is 0 Å². The van der Waals surface area contributed by atoms with Crippen molar-refractivity contribution in [2.45, 2.75) is 12.6 Å². The zero-order valence-corrected chi connectivity index (χ0v) is 14.8. The first kappa shape index (κ1) is 17.3. The van der Waals surface area contributed by atoms with Crippen LogP contribution < -0.4 is 10.1 Å². The van der Waals surface area contributed by atoms with Gasteiger partial charge in [-0.15, -0.1) is 0 Å². The second-order valence-electron chi connectivity index (χ2n) is 6.13. The van der Waals surface area contributed by atoms with Crippen molar-refractivity contribution in [2.24, 2.45) is 0 Å². The smallest absolute Gasteiger partial charge is 0.122 e. The lowest BCUT2D eigenvalue weighted by Crippen LogP contribution is -2.30. The maximum atomic E-state index is 5.55. The zero-order chi connectivity index (χ0) is 17.6. The van der Waals surface area contributed by atoms with E-state index < -0.39 is 0 Å². The predicted molar refractivity (Wildman–Crippen MR) is 97.4 cm³/mol. The molecule has 1 atom stereocenters. The highest BCUT2D eigenvalue weighted by atomic mass is 16.5. The van der Waals surface area contributed by atoms with Crippen molar-refractivity contribution in [1.82, 2.24) is 20.4 Å². The van der Waals surface area contributed by atoms with Gasteiger partial charge in [0.1, 0.15) is 11.5 Å². The average Bonchev–Trinajstić information content (AvgIpc) is 3.30. The molecule has 1 aromatic carbocycles. The molecule has 0 aliphatic rings. The van der Waals surface area contributed by atoms with Crippen LogP contribution in [-0.2, 0) is 6.54 Å². The van der Waals surface area contributed by atoms with E-state index in [1.807, 2.05) is 56.7 Å². The standard InChI is InChI=1S/C19H24N4O2/c1-23(2)17(18-8-5-9-25-18)13-20-11-15-12-21-22-19(15)14-6-4-7-16(10-14)24-3/h4-10,12,17,20H,11,13H2,1-3H3,(H,21,22)/t17-/m0/s1. The van der Waals surface area contributed by atoms with Gasteiger partial charge < -0.3 is 14.5 Å². The number of benzene rings is 1. The van der Waals surface area contributed by atoms with E-state index in [2.05, 4.69) is 20.4 Å². The highest BCUT2D eigenvalue weighted by molar-refractivity contribution is 5.64. The fraction of sp³-hybridized carbons (Fsp3) is 0.316. The summed E-state index contributed by atoms with van der Waals surface area (Å²) in [5.41, 5.74) is 3.18. The Morgan fingerprint density at radius 2 is 2.16 bits per heavy atom. The van der Waals surface area contributed by atoms with E-state index >= 15 is 0 Å². The number of nitrogens with zero attached hydrogens (tertiary/aromatic N) is 2. The summed E-state index contributed by atoms with van der Waals surface area (Å²) >= 11 is 0. The number of nitrogens with one attached hydrogen (secondary N) is 2. The fourth-order valence-electron chi connectivity index (χ4n) is 2.84. The normalized spacial score (nSPS) is 12.5. The Morgan fingerprint density at radius 1 is 1.28 bits per heavy atom. The summed E-state index contributed by atoms with van der Waals surface area (Å²) in [4.78, 5) is 2.14. The van der Waals surface area contributed by atoms with Crippen molar-refractivity contribution < 1.29 is 9.15 Å². The second kappa shape index (κ2) is 8.00. The van der Waals surface area contributed by atoms with Crippen LogP contribution in [-0.4, -0.2) is 42.8 Å². The van der Waals surface area contributed by atoms with Gasteiger partial charge in [-0.25, -0.2) is 0 Å². The fourth-order valence-corrected chi connectivity index (χ4v) is 2.84. The molecule has 0 unspecified atom stereocenters. The lowest BCUT2D eigenvalue weighted by molar-refractivity contribution is 0.250. The summed E-state index contributed by atoms with van der Waals surface area (Å²) in [5.74, 6) is 1.79. The van der Waals surface area contributed by atoms with E-state index in [1.54, 1.807) is 13.4 Å². The van der Waals surface area contributed by atoms with Crippen LogP contribution in [0.5, 0.6) is 5.75 Å². The Hall–Kier alpha value is -2.57. The number of furan rings is 1. The Bertz CT molecular complexity index is 780. The summed E-state index contributed by atoms with van der Waals surface area (Å²) in [5, 5.41) is 10.8. The Morgan fingerprint density at radius 3 is 2.88 bits per heavy atom. The number of rotatable bonds is 8. The molecule has 6 nitrogen and oxygen atoms in total. The van der Waals surface area contributed by atoms with Crippen molar-refractivity contribution in [3.05, 3.63) is 60.2 Å². The van der Waals surface area contributed by atoms with Gasteiger partial charge in [0.2, 0.25) is 0 Å². The average molecular weight is 340 g/mol. The highest BCUT2D eigenvalue weighted by Crippen LogP contribution is 2.25. The third kappa shape index (κ3) is 4.10. The van der Waals surface area contributed by atoms with Crippen LogP contribution in [0.15, 0.2) is 53.3 Å². The molecular weight excluding hydrogens is 316 g/mol. The van der Waals surface area contributed by atoms with Gasteiger partial charge in [0.05, 0.1) is 31.3 Å². The van der Waals surface area contributed by atoms with Gasteiger partial charge in [-0.1, -0.05) is 12.1 Å². The summed E-state index contributed by atoms with van der Waals surface area (Å²) in [6.45, 7) is 1.50. The van der Waals surface area contributed by atoms with Crippen LogP contribution in [0.2, 0.25) is 0 Å². The Labute approximate surface area is 147 Å². The number of aromatic nitrogens is 2. The predicted octanol–water partition coefficient (Wildman–Crippen LogP) is 3.07. The first-order chi connectivity index (χ1) is 12.2. The number of H-pyrrole nitrogens is 1. The van der Waals surface area contributed by atoms with E-state index in [4.69, 9.17) is 9.15 Å². The zero-order valence-electron chi connectivity index (χ0n) is 14.8. The van der Waals surface area contributed by atoms with E-state index in [-0.39, 0.29) is 6.04 Å². The first-order valence-electron chi connectivity index (χ1n) is 8.26. The molecule has 0 bridgehead atoms. The van der Waals surface area contributed by atoms with Crippen LogP contribution in [0.25, 0.3) is 11.3 Å². The van der Waals surface area contributed by atoms with Crippen LogP contribution in [0.4, 0.5) is 0 Å². The van der Waals surface area contributed by atoms with E-state index in [0.717, 1.165) is 34.9 Å². The van der Waals surface area contributed by atoms with E-state index in [1.165, 1.54) is 0 Å². The maximum absolute atomic E-state index is 5.55. The summed E-state index contributed by atoms with van der Waals surface area (Å²) in [6.07, 6.45) is 3.57. The van der Waals surface area contributed by atoms with Gasteiger partial charge in [-0.2, -0.15) is 5.10 Å². The van der Waals surface area contributed by atoms with Crippen molar-refractivity contribution in [1.29, 1.82) is 0 Å². The summed E-state index contributed by atoms with van der Waals surface area (Å²) in [6, 6.07) is 12.1. The van der Waals surface area contributed by atoms with Gasteiger partial charge in [-0.3, -0.25) is 10.00 Å². The lowest BCUT2D eigenvalue weighted by Gasteiger charge is -2.22. The van der Waals surface area contributed by atoms with Crippen LogP contribution in [0, 0.1) is 0 Å². The minimum atomic E-state index is 0.183. The number of aromatic amines is 1. The molecular formula is C19H24N4O2. The molecule has 2 heterocycles. The molecule has 25 heavy (non-hydrogen) atoms. The maximum Gasteiger partial charge on any atom is 0.122 e. The quantitative estimate of drug-likeness (QED) is 0.660. The molecule has 0 aliphatic heterocycles. The largest absolute Gasteiger partial charge is 0.497 e. The SMILES string of the molecule is COc1cccc(-c2[nH]ncc2CNC[C@@H](c2ccco2)N(C)C)c1. The molecule has 0 radical (unpaired) electrons. The number of hydrogen-bond donors (Lipinski definition) is 2. The molecule has 2 N–H and O–H groups in total. The van der Waals surface area contributed by atoms with Crippen LogP contribution in [0.3, 0.4) is 0 Å². The molecule has 0 fully saturated rings. The molecule has 2 aromatic heterocycles. The third-order valence-corrected chi connectivity index (χ3v) is 4.22. The van der Waals surface area contributed by atoms with Crippen molar-refractivity contribution in [3.63, 3.8) is 0 Å². The third-order valence-electron chi connectivity index (χ3n) is 4.22. The number of hydrogen-bond acceptors (Lipinski definition) is 5. The molecule has 3 rings (SSSR count). The minimum absolute atomic E-state index is 0.183. The van der Waals surface area contributed by atoms with Crippen molar-refractivity contribution in [2.75, 3.05) is 27.7 Å². The molecule has 0 aliphatic carbocycles. The van der Waals surface area contributed by atoms with Crippen molar-refractivity contribution >= 4 is 0 Å². The van der Waals surface area contributed by atoms with Crippen LogP contribution in [0.1, 0.15) is 17.4 Å². The molecule has 0 amide bonds. The summed E-state index contributed by atoms with van der Waals surface area (Å²) in [7, 11) is 5.77. The van der Waals surface area contributed by atoms with Crippen molar-refractivity contribution in [3.8, 4) is 17.0 Å². The number of ether oxygens (including phenoxy) is 1. The molecule has 0 saturated heterocycles. The highest BCUT2D eigenvalue weighted by Gasteiger charge is 2.17. The number of likely N-dealkylation sites (N-methyl/N-ethyl adjacent to an activating group) is 1. The van der Waals surface area contributed by atoms with Gasteiger partial charge in [0.25, 0.3) is 0 Å². The Balaban J connectivity index is 1.67. The molecule has 0 spiro atoms. The van der Waals surface area contributed by atoms with E-state index in [9.17, 15) is 0 Å². The lowest BCUT2D eigenvalue weighted by atomic mass is 10.1. The Kier molecular flexibility index (Phi) is 5.53. The second-order valence-corrected chi connectivity index (χ2v) is 6.13. The molecule has 0 saturated carbocycles. The van der Waals surface area contributed by atoms with E-state index in [0.29, 0.717) is 6.54 Å². The van der Waals surface area contributed by atoms with Gasteiger partial charge in [0, 0.05) is 24.2 Å². The van der Waals surface area contributed by atoms with Gasteiger partial charge >= 0.3 is 0 Å². The number of methoxy groups -OCH3 is 1. The molecule has 3 aromatic rings. The first-order valence-corrected chi connectivity index (χ1v) is 8.26. The summed E-state index contributed by atoms with van der Waals surface area (Å²) < 4.78 is 10.9.